The van der Waals surface area contributed by atoms with E-state index in [9.17, 15) is 58.8 Å². The van der Waals surface area contributed by atoms with E-state index in [4.69, 9.17) is 24.7 Å². The molecule has 0 spiro atoms. The van der Waals surface area contributed by atoms with Crippen LogP contribution in [0.2, 0.25) is 0 Å². The quantitative estimate of drug-likeness (QED) is 0.0369. The fourth-order valence-electron chi connectivity index (χ4n) is 8.41. The number of aliphatic hydroxyl groups excluding tert-OH is 3. The molecule has 76 heavy (non-hydrogen) atoms. The Hall–Kier alpha value is -8.16. The molecule has 0 aromatic heterocycles. The van der Waals surface area contributed by atoms with Gasteiger partial charge < -0.3 is 76.6 Å². The number of hydrogen-bond acceptors (Lipinski definition) is 16. The standard InChI is InChI=1S/C52H60N8O16/c53-19-3-1-2-4-40(61)54-20-21-55-46(66)37-23-32(10-17-39(37)75-50-44(65)42(63)43(64)45(76-50)49(69)70)28-74-52(72)57-24-29-5-7-30(8-6-29)27-73-35-13-11-34(12-14-35)58-51(71)56-25-31-9-15-36-33(22-31)26-60(48(36)68)38-16-18-41(62)59-47(38)67/h5-15,17,22-23,38,42-45,50,63-65H,1-4,16,18-21,24-28,53H2,(H,54,61)(H,55,66)(H,57,72)(H,69,70)(H2,56,58,71)(H,59,62,67)/t38?,42?,43-,44?,45?,50?/m0/s1. The van der Waals surface area contributed by atoms with Gasteiger partial charge in [-0.05, 0) is 96.1 Å². The molecule has 4 aromatic rings. The number of hydrogen-bond donors (Lipinski definition) is 11. The minimum atomic E-state index is -1.97. The number of piperidine rings is 1. The highest BCUT2D eigenvalue weighted by molar-refractivity contribution is 6.05. The number of unbranched alkanes of at least 4 members (excludes halogenated alkanes) is 2. The van der Waals surface area contributed by atoms with E-state index in [0.29, 0.717) is 42.0 Å². The number of nitrogens with zero attached hydrogens (tertiary/aromatic N) is 1. The lowest BCUT2D eigenvalue weighted by Crippen LogP contribution is -2.61. The van der Waals surface area contributed by atoms with E-state index in [1.165, 1.54) is 23.1 Å². The first-order valence-corrected chi connectivity index (χ1v) is 24.6. The van der Waals surface area contributed by atoms with Crippen molar-refractivity contribution in [2.24, 2.45) is 5.73 Å². The number of aliphatic carboxylic acids is 1. The molecule has 404 valence electrons. The highest BCUT2D eigenvalue weighted by atomic mass is 16.7. The van der Waals surface area contributed by atoms with Gasteiger partial charge in [-0.3, -0.25) is 29.3 Å². The van der Waals surface area contributed by atoms with Crippen LogP contribution in [0.5, 0.6) is 11.5 Å². The van der Waals surface area contributed by atoms with Gasteiger partial charge in [0.2, 0.25) is 24.0 Å². The molecule has 3 heterocycles. The van der Waals surface area contributed by atoms with Crippen LogP contribution in [0.4, 0.5) is 15.3 Å². The Morgan fingerprint density at radius 3 is 2.20 bits per heavy atom. The van der Waals surface area contributed by atoms with Gasteiger partial charge in [-0.25, -0.2) is 14.4 Å². The van der Waals surface area contributed by atoms with E-state index >= 15 is 0 Å². The highest BCUT2D eigenvalue weighted by Gasteiger charge is 2.48. The minimum absolute atomic E-state index is 0.000626. The second-order valence-corrected chi connectivity index (χ2v) is 18.1. The summed E-state index contributed by atoms with van der Waals surface area (Å²) in [6.45, 7) is 1.06. The number of carbonyl (C=O) groups excluding carboxylic acids is 7. The fraction of sp³-hybridized carbons (Fsp3) is 0.385. The topological polar surface area (TPSA) is 356 Å². The number of amides is 8. The Bertz CT molecular complexity index is 2760. The molecular formula is C52H60N8O16. The monoisotopic (exact) mass is 1050 g/mol. The largest absolute Gasteiger partial charge is 0.489 e. The van der Waals surface area contributed by atoms with Gasteiger partial charge in [-0.2, -0.15) is 0 Å². The molecule has 0 radical (unpaired) electrons. The normalized spacial score (nSPS) is 19.9. The molecule has 24 nitrogen and oxygen atoms in total. The first-order chi connectivity index (χ1) is 36.6. The van der Waals surface area contributed by atoms with Crippen LogP contribution < -0.4 is 47.1 Å². The van der Waals surface area contributed by atoms with Crippen LogP contribution in [0.3, 0.4) is 0 Å². The molecule has 0 bridgehead atoms. The molecular weight excluding hydrogens is 993 g/mol. The molecule has 2 fully saturated rings. The number of carbonyl (C=O) groups is 8. The molecule has 7 rings (SSSR count). The number of carboxylic acids is 1. The summed E-state index contributed by atoms with van der Waals surface area (Å²) in [5, 5.41) is 56.3. The number of imide groups is 1. The van der Waals surface area contributed by atoms with E-state index in [1.54, 1.807) is 48.5 Å². The van der Waals surface area contributed by atoms with Gasteiger partial charge in [0.1, 0.15) is 49.1 Å². The van der Waals surface area contributed by atoms with Gasteiger partial charge in [-0.1, -0.05) is 48.9 Å². The highest BCUT2D eigenvalue weighted by Crippen LogP contribution is 2.30. The van der Waals surface area contributed by atoms with Crippen LogP contribution in [-0.2, 0) is 61.5 Å². The molecule has 5 unspecified atom stereocenters. The maximum atomic E-state index is 13.5. The van der Waals surface area contributed by atoms with Gasteiger partial charge in [0.05, 0.1) is 5.56 Å². The zero-order valence-corrected chi connectivity index (χ0v) is 41.2. The molecule has 6 atom stereocenters. The van der Waals surface area contributed by atoms with Crippen molar-refractivity contribution in [3.05, 3.63) is 124 Å². The SMILES string of the molecule is NCCCCCC(=O)NCCNC(=O)c1cc(COC(=O)NCc2ccc(COc3ccc(NC(=O)NCc4ccc5c(c4)CN(C4CCC(=O)NC4=O)C5=O)cc3)cc2)ccc1OC1OC(C(=O)O)[C@@H](O)C(O)C1O. The van der Waals surface area contributed by atoms with Crippen LogP contribution in [0.1, 0.15) is 87.1 Å². The van der Waals surface area contributed by atoms with Gasteiger partial charge >= 0.3 is 18.1 Å². The number of fused-ring (bicyclic) bond motifs is 1. The number of aliphatic hydroxyl groups is 3. The van der Waals surface area contributed by atoms with Crippen molar-refractivity contribution in [1.82, 2.24) is 31.5 Å². The average Bonchev–Trinajstić information content (AvgIpc) is 3.73. The van der Waals surface area contributed by atoms with E-state index in [-0.39, 0.29) is 87.8 Å². The number of alkyl carbamates (subject to hydrolysis) is 1. The van der Waals surface area contributed by atoms with Crippen molar-refractivity contribution in [2.75, 3.05) is 25.0 Å². The van der Waals surface area contributed by atoms with Crippen molar-refractivity contribution >= 4 is 53.3 Å². The molecule has 2 saturated heterocycles. The van der Waals surface area contributed by atoms with Crippen LogP contribution in [0.25, 0.3) is 0 Å². The maximum Gasteiger partial charge on any atom is 0.407 e. The van der Waals surface area contributed by atoms with E-state index in [1.807, 2.05) is 18.2 Å². The number of ether oxygens (including phenoxy) is 4. The summed E-state index contributed by atoms with van der Waals surface area (Å²) < 4.78 is 22.3. The first-order valence-electron chi connectivity index (χ1n) is 24.6. The summed E-state index contributed by atoms with van der Waals surface area (Å²) in [5.41, 5.74) is 9.75. The molecule has 24 heteroatoms. The average molecular weight is 1050 g/mol. The molecule has 0 aliphatic carbocycles. The number of anilines is 1. The summed E-state index contributed by atoms with van der Waals surface area (Å²) >= 11 is 0. The second kappa shape index (κ2) is 26.4. The van der Waals surface area contributed by atoms with Gasteiger partial charge in [-0.15, -0.1) is 0 Å². The van der Waals surface area contributed by atoms with Crippen molar-refractivity contribution in [3.63, 3.8) is 0 Å². The summed E-state index contributed by atoms with van der Waals surface area (Å²) in [5.74, 6) is -3.31. The molecule has 3 aliphatic rings. The van der Waals surface area contributed by atoms with E-state index in [0.717, 1.165) is 35.1 Å². The lowest BCUT2D eigenvalue weighted by molar-refractivity contribution is -0.271. The number of benzene rings is 4. The maximum absolute atomic E-state index is 13.5. The Balaban J connectivity index is 0.839. The number of rotatable bonds is 23. The summed E-state index contributed by atoms with van der Waals surface area (Å²) in [7, 11) is 0. The van der Waals surface area contributed by atoms with Crippen LogP contribution >= 0.6 is 0 Å². The lowest BCUT2D eigenvalue weighted by atomic mass is 9.99. The third kappa shape index (κ3) is 15.0. The van der Waals surface area contributed by atoms with Crippen molar-refractivity contribution in [1.29, 1.82) is 0 Å². The molecule has 3 aliphatic heterocycles. The van der Waals surface area contributed by atoms with Gasteiger partial charge in [0.15, 0.2) is 6.10 Å². The number of nitrogens with one attached hydrogen (secondary N) is 6. The second-order valence-electron chi connectivity index (χ2n) is 18.1. The van der Waals surface area contributed by atoms with Gasteiger partial charge in [0, 0.05) is 56.8 Å². The van der Waals surface area contributed by atoms with Crippen molar-refractivity contribution in [3.8, 4) is 11.5 Å². The summed E-state index contributed by atoms with van der Waals surface area (Å²) in [6, 6.07) is 22.2. The third-order valence-electron chi connectivity index (χ3n) is 12.6. The molecule has 0 saturated carbocycles. The third-order valence-corrected chi connectivity index (χ3v) is 12.6. The first kappa shape index (κ1) is 55.6. The van der Waals surface area contributed by atoms with E-state index < -0.39 is 66.7 Å². The smallest absolute Gasteiger partial charge is 0.407 e. The Morgan fingerprint density at radius 2 is 1.46 bits per heavy atom. The van der Waals surface area contributed by atoms with Crippen molar-refractivity contribution < 1.29 is 77.7 Å². The summed E-state index contributed by atoms with van der Waals surface area (Å²) in [6.07, 6.45) is -7.40. The number of carboxylic acid groups (broad SMARTS) is 1. The number of urea groups is 1. The Labute approximate surface area is 435 Å². The zero-order chi connectivity index (χ0) is 54.3. The predicted molar refractivity (Wildman–Crippen MR) is 267 cm³/mol. The van der Waals surface area contributed by atoms with E-state index in [2.05, 4.69) is 31.9 Å². The molecule has 12 N–H and O–H groups in total. The predicted octanol–water partition coefficient (Wildman–Crippen LogP) is 1.41. The minimum Gasteiger partial charge on any atom is -0.489 e. The van der Waals surface area contributed by atoms with Gasteiger partial charge in [0.25, 0.3) is 11.8 Å². The fourth-order valence-corrected chi connectivity index (χ4v) is 8.41. The molecule has 4 aromatic carbocycles. The summed E-state index contributed by atoms with van der Waals surface area (Å²) in [4.78, 5) is 101. The molecule has 8 amide bonds. The lowest BCUT2D eigenvalue weighted by Gasteiger charge is -2.38. The van der Waals surface area contributed by atoms with Crippen LogP contribution in [-0.4, -0.2) is 129 Å². The van der Waals surface area contributed by atoms with Crippen LogP contribution in [0.15, 0.2) is 84.9 Å². The van der Waals surface area contributed by atoms with Crippen molar-refractivity contribution in [2.45, 2.75) is 108 Å². The Kier molecular flexibility index (Phi) is 19.3. The number of nitrogens with two attached hydrogens (primary N) is 1. The zero-order valence-electron chi connectivity index (χ0n) is 41.2. The van der Waals surface area contributed by atoms with Crippen LogP contribution in [0, 0.1) is 0 Å². The Morgan fingerprint density at radius 1 is 0.750 bits per heavy atom.